The van der Waals surface area contributed by atoms with E-state index in [2.05, 4.69) is 21.2 Å². The van der Waals surface area contributed by atoms with Crippen molar-refractivity contribution in [1.82, 2.24) is 0 Å². The van der Waals surface area contributed by atoms with E-state index in [0.717, 1.165) is 5.56 Å². The fourth-order valence-electron chi connectivity index (χ4n) is 2.09. The van der Waals surface area contributed by atoms with E-state index in [-0.39, 0.29) is 5.91 Å². The highest BCUT2D eigenvalue weighted by Crippen LogP contribution is 2.39. The van der Waals surface area contributed by atoms with E-state index in [1.807, 2.05) is 6.07 Å². The first-order valence-electron chi connectivity index (χ1n) is 6.16. The predicted molar refractivity (Wildman–Crippen MR) is 80.9 cm³/mol. The lowest BCUT2D eigenvalue weighted by atomic mass is 10.1. The molecule has 0 aromatic heterocycles. The van der Waals surface area contributed by atoms with Crippen molar-refractivity contribution in [2.75, 3.05) is 5.32 Å². The summed E-state index contributed by atoms with van der Waals surface area (Å²) in [5.74, 6) is 0.934. The van der Waals surface area contributed by atoms with Gasteiger partial charge in [0, 0.05) is 17.3 Å². The summed E-state index contributed by atoms with van der Waals surface area (Å²) in [5.41, 5.74) is 7.74. The summed E-state index contributed by atoms with van der Waals surface area (Å²) in [5, 5.41) is 11.5. The van der Waals surface area contributed by atoms with Gasteiger partial charge in [0.15, 0.2) is 0 Å². The van der Waals surface area contributed by atoms with Crippen LogP contribution >= 0.6 is 15.9 Å². The molecule has 104 valence electrons. The molecule has 0 radical (unpaired) electrons. The van der Waals surface area contributed by atoms with E-state index in [0.29, 0.717) is 27.2 Å². The standard InChI is InChI=1S/C15H10BrN3O2/c16-11-5-10-12(19-15(20)14(10)18)6-13(11)21-9-3-1-8(7-17)2-4-9/h1-6,14H,18H2,(H,19,20). The number of hydrogen-bond acceptors (Lipinski definition) is 4. The van der Waals surface area contributed by atoms with Gasteiger partial charge in [-0.2, -0.15) is 5.26 Å². The zero-order chi connectivity index (χ0) is 15.0. The van der Waals surface area contributed by atoms with Crippen molar-refractivity contribution in [3.63, 3.8) is 0 Å². The molecule has 0 aliphatic carbocycles. The maximum absolute atomic E-state index is 11.6. The first-order valence-corrected chi connectivity index (χ1v) is 6.95. The van der Waals surface area contributed by atoms with Crippen LogP contribution in [-0.2, 0) is 4.79 Å². The molecule has 5 nitrogen and oxygen atoms in total. The lowest BCUT2D eigenvalue weighted by molar-refractivity contribution is -0.116. The van der Waals surface area contributed by atoms with Gasteiger partial charge >= 0.3 is 0 Å². The van der Waals surface area contributed by atoms with E-state index < -0.39 is 6.04 Å². The van der Waals surface area contributed by atoms with Crippen LogP contribution in [0.25, 0.3) is 0 Å². The van der Waals surface area contributed by atoms with Gasteiger partial charge in [0.1, 0.15) is 17.5 Å². The summed E-state index contributed by atoms with van der Waals surface area (Å²) in [6, 6.07) is 11.7. The monoisotopic (exact) mass is 343 g/mol. The van der Waals surface area contributed by atoms with Crippen LogP contribution < -0.4 is 15.8 Å². The second-order valence-corrected chi connectivity index (χ2v) is 5.43. The second-order valence-electron chi connectivity index (χ2n) is 4.58. The van der Waals surface area contributed by atoms with Gasteiger partial charge in [0.05, 0.1) is 16.1 Å². The van der Waals surface area contributed by atoms with Gasteiger partial charge in [-0.3, -0.25) is 4.79 Å². The number of fused-ring (bicyclic) bond motifs is 1. The van der Waals surface area contributed by atoms with Crippen molar-refractivity contribution in [2.45, 2.75) is 6.04 Å². The van der Waals surface area contributed by atoms with Crippen LogP contribution in [0, 0.1) is 11.3 Å². The van der Waals surface area contributed by atoms with E-state index in [9.17, 15) is 4.79 Å². The predicted octanol–water partition coefficient (Wildman–Crippen LogP) is 3.06. The molecule has 1 aliphatic rings. The number of rotatable bonds is 2. The number of hydrogen-bond donors (Lipinski definition) is 2. The number of anilines is 1. The van der Waals surface area contributed by atoms with Crippen molar-refractivity contribution in [3.8, 4) is 17.6 Å². The van der Waals surface area contributed by atoms with E-state index in [4.69, 9.17) is 15.7 Å². The Balaban J connectivity index is 1.91. The minimum atomic E-state index is -0.653. The molecule has 0 fully saturated rings. The highest BCUT2D eigenvalue weighted by atomic mass is 79.9. The maximum atomic E-state index is 11.6. The lowest BCUT2D eigenvalue weighted by Crippen LogP contribution is -2.19. The quantitative estimate of drug-likeness (QED) is 0.876. The fourth-order valence-corrected chi connectivity index (χ4v) is 2.53. The Bertz CT molecular complexity index is 766. The summed E-state index contributed by atoms with van der Waals surface area (Å²) in [7, 11) is 0. The van der Waals surface area contributed by atoms with Crippen molar-refractivity contribution >= 4 is 27.5 Å². The second kappa shape index (κ2) is 5.20. The third kappa shape index (κ3) is 2.49. The molecule has 0 bridgehead atoms. The lowest BCUT2D eigenvalue weighted by Gasteiger charge is -2.10. The van der Waals surface area contributed by atoms with Crippen LogP contribution in [0.3, 0.4) is 0 Å². The third-order valence-electron chi connectivity index (χ3n) is 3.19. The Morgan fingerprint density at radius 2 is 2.00 bits per heavy atom. The molecule has 3 N–H and O–H groups in total. The van der Waals surface area contributed by atoms with Gasteiger partial charge in [0.2, 0.25) is 5.91 Å². The van der Waals surface area contributed by atoms with Gasteiger partial charge in [-0.05, 0) is 46.3 Å². The Morgan fingerprint density at radius 3 is 2.67 bits per heavy atom. The van der Waals surface area contributed by atoms with Crippen molar-refractivity contribution in [1.29, 1.82) is 5.26 Å². The van der Waals surface area contributed by atoms with Crippen molar-refractivity contribution in [2.24, 2.45) is 5.73 Å². The Morgan fingerprint density at radius 1 is 1.29 bits per heavy atom. The Kier molecular flexibility index (Phi) is 3.37. The molecule has 3 rings (SSSR count). The van der Waals surface area contributed by atoms with Gasteiger partial charge in [-0.1, -0.05) is 0 Å². The highest BCUT2D eigenvalue weighted by molar-refractivity contribution is 9.10. The van der Waals surface area contributed by atoms with Crippen LogP contribution in [0.1, 0.15) is 17.2 Å². The van der Waals surface area contributed by atoms with Gasteiger partial charge in [-0.25, -0.2) is 0 Å². The number of nitriles is 1. The number of amides is 1. The number of benzene rings is 2. The number of nitrogens with zero attached hydrogens (tertiary/aromatic N) is 1. The molecule has 6 heteroatoms. The summed E-state index contributed by atoms with van der Waals surface area (Å²) in [6.07, 6.45) is 0. The molecule has 2 aromatic carbocycles. The molecular formula is C15H10BrN3O2. The summed E-state index contributed by atoms with van der Waals surface area (Å²) in [6.45, 7) is 0. The first kappa shape index (κ1) is 13.6. The average Bonchev–Trinajstić information content (AvgIpc) is 2.75. The minimum absolute atomic E-state index is 0.229. The highest BCUT2D eigenvalue weighted by Gasteiger charge is 2.28. The minimum Gasteiger partial charge on any atom is -0.456 e. The smallest absolute Gasteiger partial charge is 0.245 e. The molecule has 1 heterocycles. The van der Waals surface area contributed by atoms with E-state index in [1.54, 1.807) is 36.4 Å². The first-order chi connectivity index (χ1) is 10.1. The van der Waals surface area contributed by atoms with Crippen molar-refractivity contribution < 1.29 is 9.53 Å². The summed E-state index contributed by atoms with van der Waals surface area (Å²) >= 11 is 3.41. The maximum Gasteiger partial charge on any atom is 0.245 e. The van der Waals surface area contributed by atoms with Crippen LogP contribution in [0.15, 0.2) is 40.9 Å². The molecule has 1 aliphatic heterocycles. The van der Waals surface area contributed by atoms with Crippen LogP contribution in [0.4, 0.5) is 5.69 Å². The van der Waals surface area contributed by atoms with Gasteiger partial charge in [-0.15, -0.1) is 0 Å². The molecule has 1 unspecified atom stereocenters. The number of nitrogens with two attached hydrogens (primary N) is 1. The van der Waals surface area contributed by atoms with E-state index in [1.165, 1.54) is 0 Å². The van der Waals surface area contributed by atoms with Crippen LogP contribution in [0.2, 0.25) is 0 Å². The summed E-state index contributed by atoms with van der Waals surface area (Å²) in [4.78, 5) is 11.6. The molecule has 1 atom stereocenters. The molecule has 0 spiro atoms. The topological polar surface area (TPSA) is 88.1 Å². The molecule has 0 saturated heterocycles. The number of ether oxygens (including phenoxy) is 1. The number of carbonyl (C=O) groups excluding carboxylic acids is 1. The molecule has 21 heavy (non-hydrogen) atoms. The Labute approximate surface area is 129 Å². The SMILES string of the molecule is N#Cc1ccc(Oc2cc3c(cc2Br)C(N)C(=O)N3)cc1. The largest absolute Gasteiger partial charge is 0.456 e. The number of carbonyl (C=O) groups is 1. The molecule has 0 saturated carbocycles. The zero-order valence-electron chi connectivity index (χ0n) is 10.8. The average molecular weight is 344 g/mol. The van der Waals surface area contributed by atoms with Gasteiger partial charge < -0.3 is 15.8 Å². The Hall–Kier alpha value is -2.36. The van der Waals surface area contributed by atoms with Crippen LogP contribution in [-0.4, -0.2) is 5.91 Å². The summed E-state index contributed by atoms with van der Waals surface area (Å²) < 4.78 is 6.46. The number of nitrogens with one attached hydrogen (secondary N) is 1. The molecule has 1 amide bonds. The van der Waals surface area contributed by atoms with E-state index >= 15 is 0 Å². The molecular weight excluding hydrogens is 334 g/mol. The van der Waals surface area contributed by atoms with Crippen molar-refractivity contribution in [3.05, 3.63) is 52.0 Å². The zero-order valence-corrected chi connectivity index (χ0v) is 12.3. The van der Waals surface area contributed by atoms with Gasteiger partial charge in [0.25, 0.3) is 0 Å². The van der Waals surface area contributed by atoms with Crippen LogP contribution in [0.5, 0.6) is 11.5 Å². The normalized spacial score (nSPS) is 16.0. The molecule has 2 aromatic rings. The number of halogens is 1. The third-order valence-corrected chi connectivity index (χ3v) is 3.81. The fraction of sp³-hybridized carbons (Fsp3) is 0.0667.